The minimum absolute atomic E-state index is 0.0325. The molecule has 9 heteroatoms. The average Bonchev–Trinajstić information content (AvgIpc) is 3.40. The second-order valence-corrected chi connectivity index (χ2v) is 7.93. The molecule has 0 unspecified atom stereocenters. The summed E-state index contributed by atoms with van der Waals surface area (Å²) < 4.78 is 5.39. The Morgan fingerprint density at radius 2 is 2.00 bits per heavy atom. The van der Waals surface area contributed by atoms with E-state index in [1.54, 1.807) is 30.5 Å². The highest BCUT2D eigenvalue weighted by Gasteiger charge is 2.34. The molecule has 0 atom stereocenters. The number of non-ortho nitro benzene ring substituents is 1. The zero-order valence-corrected chi connectivity index (χ0v) is 17.9. The number of rotatable bonds is 6. The van der Waals surface area contributed by atoms with Crippen molar-refractivity contribution < 1.29 is 14.1 Å². The van der Waals surface area contributed by atoms with Gasteiger partial charge in [0.25, 0.3) is 11.6 Å². The number of nitrogens with zero attached hydrogens (tertiary/aromatic N) is 4. The Balaban J connectivity index is 1.63. The van der Waals surface area contributed by atoms with Crippen molar-refractivity contribution in [3.8, 4) is 0 Å². The molecule has 0 radical (unpaired) electrons. The van der Waals surface area contributed by atoms with Gasteiger partial charge < -0.3 is 4.42 Å². The molecule has 1 aliphatic rings. The van der Waals surface area contributed by atoms with E-state index in [0.29, 0.717) is 21.4 Å². The van der Waals surface area contributed by atoms with E-state index in [0.717, 1.165) is 11.1 Å². The number of hydrogen-bond donors (Lipinski definition) is 0. The van der Waals surface area contributed by atoms with Crippen molar-refractivity contribution in [3.05, 3.63) is 104 Å². The largest absolute Gasteiger partial charge is 0.467 e. The number of nitro benzene ring substituents is 1. The van der Waals surface area contributed by atoms with E-state index in [1.807, 2.05) is 37.3 Å². The van der Waals surface area contributed by atoms with Gasteiger partial charge in [0.05, 0.1) is 28.9 Å². The second kappa shape index (κ2) is 9.44. The molecule has 2 aromatic carbocycles. The topological polar surface area (TPSA) is 101 Å². The van der Waals surface area contributed by atoms with Crippen molar-refractivity contribution in [3.63, 3.8) is 0 Å². The summed E-state index contributed by atoms with van der Waals surface area (Å²) in [5, 5.41) is 19.6. The number of nitro groups is 1. The van der Waals surface area contributed by atoms with E-state index >= 15 is 0 Å². The molecule has 0 bridgehead atoms. The smallest absolute Gasteiger partial charge is 0.270 e. The predicted octanol–water partition coefficient (Wildman–Crippen LogP) is 5.00. The SMILES string of the molecule is Cc1ccccc1/C=C1\S/C(=N/N=C\c2cccc([N+](=O)[O-])c2)N(Cc2ccco2)C1=O. The zero-order valence-electron chi connectivity index (χ0n) is 17.0. The Kier molecular flexibility index (Phi) is 6.27. The summed E-state index contributed by atoms with van der Waals surface area (Å²) in [7, 11) is 0. The van der Waals surface area contributed by atoms with Crippen LogP contribution >= 0.6 is 11.8 Å². The van der Waals surface area contributed by atoms with Crippen LogP contribution in [0.2, 0.25) is 0 Å². The fourth-order valence-corrected chi connectivity index (χ4v) is 3.96. The minimum atomic E-state index is -0.470. The first kappa shape index (κ1) is 21.3. The van der Waals surface area contributed by atoms with Gasteiger partial charge in [0, 0.05) is 17.7 Å². The lowest BCUT2D eigenvalue weighted by molar-refractivity contribution is -0.384. The molecular weight excluding hydrogens is 428 g/mol. The predicted molar refractivity (Wildman–Crippen MR) is 124 cm³/mol. The number of carbonyl (C=O) groups is 1. The highest BCUT2D eigenvalue weighted by molar-refractivity contribution is 8.18. The first-order chi connectivity index (χ1) is 15.5. The number of carbonyl (C=O) groups excluding carboxylic acids is 1. The molecule has 8 nitrogen and oxygen atoms in total. The van der Waals surface area contributed by atoms with Crippen LogP contribution in [0.25, 0.3) is 6.08 Å². The van der Waals surface area contributed by atoms with Crippen LogP contribution < -0.4 is 0 Å². The lowest BCUT2D eigenvalue weighted by Crippen LogP contribution is -2.28. The van der Waals surface area contributed by atoms with Crippen molar-refractivity contribution in [2.45, 2.75) is 13.5 Å². The summed E-state index contributed by atoms with van der Waals surface area (Å²) >= 11 is 1.22. The van der Waals surface area contributed by atoms with Gasteiger partial charge in [-0.2, -0.15) is 5.10 Å². The molecule has 160 valence electrons. The summed E-state index contributed by atoms with van der Waals surface area (Å²) in [6.07, 6.45) is 4.80. The quantitative estimate of drug-likeness (QED) is 0.229. The summed E-state index contributed by atoms with van der Waals surface area (Å²) in [6, 6.07) is 17.4. The van der Waals surface area contributed by atoms with Crippen molar-refractivity contribution in [1.29, 1.82) is 0 Å². The molecule has 1 saturated heterocycles. The normalized spacial score (nSPS) is 16.5. The van der Waals surface area contributed by atoms with Crippen LogP contribution in [-0.4, -0.2) is 27.1 Å². The van der Waals surface area contributed by atoms with E-state index in [9.17, 15) is 14.9 Å². The van der Waals surface area contributed by atoms with Gasteiger partial charge >= 0.3 is 0 Å². The summed E-state index contributed by atoms with van der Waals surface area (Å²) in [6.45, 7) is 2.20. The number of aryl methyl sites for hydroxylation is 1. The van der Waals surface area contributed by atoms with Crippen molar-refractivity contribution in [1.82, 2.24) is 4.90 Å². The maximum Gasteiger partial charge on any atom is 0.270 e. The molecule has 0 N–H and O–H groups in total. The molecule has 0 spiro atoms. The van der Waals surface area contributed by atoms with E-state index in [1.165, 1.54) is 35.0 Å². The first-order valence-electron chi connectivity index (χ1n) is 9.66. The lowest BCUT2D eigenvalue weighted by Gasteiger charge is -2.12. The van der Waals surface area contributed by atoms with Gasteiger partial charge in [0.15, 0.2) is 5.17 Å². The third kappa shape index (κ3) is 4.84. The molecule has 3 aromatic rings. The molecule has 2 heterocycles. The third-order valence-corrected chi connectivity index (χ3v) is 5.69. The number of hydrogen-bond acceptors (Lipinski definition) is 7. The van der Waals surface area contributed by atoms with Gasteiger partial charge in [-0.1, -0.05) is 36.4 Å². The standard InChI is InChI=1S/C23H18N4O4S/c1-16-6-2-3-8-18(16)13-21-22(28)26(15-20-10-5-11-31-20)23(32-21)25-24-14-17-7-4-9-19(12-17)27(29)30/h2-14H,15H2,1H3/b21-13-,24-14-,25-23+. The first-order valence-corrected chi connectivity index (χ1v) is 10.5. The number of thioether (sulfide) groups is 1. The maximum absolute atomic E-state index is 13.1. The number of amidine groups is 1. The summed E-state index contributed by atoms with van der Waals surface area (Å²) in [4.78, 5) is 25.6. The average molecular weight is 446 g/mol. The lowest BCUT2D eigenvalue weighted by atomic mass is 10.1. The van der Waals surface area contributed by atoms with E-state index in [4.69, 9.17) is 4.42 Å². The number of amides is 1. The van der Waals surface area contributed by atoms with Crippen LogP contribution in [0.5, 0.6) is 0 Å². The fourth-order valence-electron chi connectivity index (χ4n) is 3.03. The van der Waals surface area contributed by atoms with Crippen molar-refractivity contribution in [2.75, 3.05) is 0 Å². The molecule has 0 aliphatic carbocycles. The number of furan rings is 1. The van der Waals surface area contributed by atoms with Gasteiger partial charge in [-0.3, -0.25) is 19.8 Å². The Bertz CT molecular complexity index is 1250. The maximum atomic E-state index is 13.1. The molecule has 1 fully saturated rings. The van der Waals surface area contributed by atoms with Gasteiger partial charge in [0.1, 0.15) is 5.76 Å². The van der Waals surface area contributed by atoms with E-state index < -0.39 is 4.92 Å². The van der Waals surface area contributed by atoms with Crippen LogP contribution in [0.4, 0.5) is 5.69 Å². The van der Waals surface area contributed by atoms with Gasteiger partial charge in [0.2, 0.25) is 0 Å². The molecule has 32 heavy (non-hydrogen) atoms. The third-order valence-electron chi connectivity index (χ3n) is 4.69. The summed E-state index contributed by atoms with van der Waals surface area (Å²) in [5.74, 6) is 0.422. The van der Waals surface area contributed by atoms with E-state index in [-0.39, 0.29) is 18.1 Å². The Labute approximate surface area is 188 Å². The van der Waals surface area contributed by atoms with Crippen LogP contribution in [0, 0.1) is 17.0 Å². The molecule has 1 aromatic heterocycles. The summed E-state index contributed by atoms with van der Waals surface area (Å²) in [5.41, 5.74) is 2.50. The Morgan fingerprint density at radius 3 is 2.75 bits per heavy atom. The Morgan fingerprint density at radius 1 is 1.16 bits per heavy atom. The van der Waals surface area contributed by atoms with Gasteiger partial charge in [-0.05, 0) is 48.0 Å². The number of benzene rings is 2. The monoisotopic (exact) mass is 446 g/mol. The van der Waals surface area contributed by atoms with Crippen LogP contribution in [0.1, 0.15) is 22.5 Å². The highest BCUT2D eigenvalue weighted by Crippen LogP contribution is 2.34. The minimum Gasteiger partial charge on any atom is -0.467 e. The highest BCUT2D eigenvalue weighted by atomic mass is 32.2. The Hall–Kier alpha value is -3.98. The van der Waals surface area contributed by atoms with Gasteiger partial charge in [-0.15, -0.1) is 5.10 Å². The van der Waals surface area contributed by atoms with Crippen molar-refractivity contribution >= 4 is 40.8 Å². The molecule has 4 rings (SSSR count). The van der Waals surface area contributed by atoms with Crippen LogP contribution in [0.15, 0.2) is 86.5 Å². The van der Waals surface area contributed by atoms with Gasteiger partial charge in [-0.25, -0.2) is 0 Å². The second-order valence-electron chi connectivity index (χ2n) is 6.92. The molecule has 0 saturated carbocycles. The molecule has 1 aliphatic heterocycles. The zero-order chi connectivity index (χ0) is 22.5. The van der Waals surface area contributed by atoms with Crippen molar-refractivity contribution in [2.24, 2.45) is 10.2 Å². The van der Waals surface area contributed by atoms with Crippen LogP contribution in [-0.2, 0) is 11.3 Å². The molecule has 1 amide bonds. The van der Waals surface area contributed by atoms with E-state index in [2.05, 4.69) is 10.2 Å². The molecular formula is C23H18N4O4S. The fraction of sp³-hybridized carbons (Fsp3) is 0.0870. The van der Waals surface area contributed by atoms with Crippen LogP contribution in [0.3, 0.4) is 0 Å².